The molecule has 4 atom stereocenters. The molecule has 0 saturated carbocycles. The molecule has 3 heterocycles. The zero-order valence-corrected chi connectivity index (χ0v) is 15.2. The number of piperidine rings is 2. The second-order valence-corrected chi connectivity index (χ2v) is 8.21. The molecule has 0 radical (unpaired) electrons. The highest BCUT2D eigenvalue weighted by atomic mass is 35.5. The zero-order chi connectivity index (χ0) is 16.7. The molecular weight excluding hydrogens is 320 g/mol. The number of fused-ring (bicyclic) bond motifs is 2. The molecule has 1 aromatic carbocycles. The van der Waals surface area contributed by atoms with Crippen molar-refractivity contribution in [2.24, 2.45) is 5.92 Å². The summed E-state index contributed by atoms with van der Waals surface area (Å²) in [7, 11) is 2.22. The summed E-state index contributed by atoms with van der Waals surface area (Å²) in [5, 5.41) is 0.772. The lowest BCUT2D eigenvalue weighted by Crippen LogP contribution is -2.53. The topological polar surface area (TPSA) is 23.6 Å². The Bertz CT molecular complexity index is 596. The van der Waals surface area contributed by atoms with Crippen molar-refractivity contribution in [3.05, 3.63) is 34.9 Å². The van der Waals surface area contributed by atoms with Gasteiger partial charge in [-0.2, -0.15) is 0 Å². The van der Waals surface area contributed by atoms with E-state index in [-0.39, 0.29) is 5.92 Å². The van der Waals surface area contributed by atoms with Crippen LogP contribution in [0.5, 0.6) is 0 Å². The lowest BCUT2D eigenvalue weighted by atomic mass is 9.75. The van der Waals surface area contributed by atoms with Gasteiger partial charge in [-0.1, -0.05) is 23.7 Å². The fraction of sp³-hybridized carbons (Fsp3) is 0.650. The van der Waals surface area contributed by atoms with Crippen LogP contribution in [0.25, 0.3) is 0 Å². The first-order valence-electron chi connectivity index (χ1n) is 9.41. The number of rotatable bonds is 2. The van der Waals surface area contributed by atoms with Crippen LogP contribution >= 0.6 is 11.6 Å². The lowest BCUT2D eigenvalue weighted by molar-refractivity contribution is -0.141. The van der Waals surface area contributed by atoms with E-state index in [1.54, 1.807) is 0 Å². The number of halogens is 1. The SMILES string of the molecule is CN1[C@H]2CC[C@@H]1[C@@H](C(=O)N1CCCCC1)[C@@H](c1ccc(Cl)cc1)C2. The Morgan fingerprint density at radius 1 is 1.08 bits per heavy atom. The third-order valence-corrected chi connectivity index (χ3v) is 6.77. The fourth-order valence-corrected chi connectivity index (χ4v) is 5.31. The normalized spacial score (nSPS) is 33.7. The largest absolute Gasteiger partial charge is 0.342 e. The molecule has 3 nitrogen and oxygen atoms in total. The Morgan fingerprint density at radius 3 is 2.50 bits per heavy atom. The molecule has 0 aromatic heterocycles. The van der Waals surface area contributed by atoms with E-state index in [0.29, 0.717) is 23.9 Å². The van der Waals surface area contributed by atoms with Crippen LogP contribution in [0.3, 0.4) is 0 Å². The van der Waals surface area contributed by atoms with Crippen molar-refractivity contribution in [2.75, 3.05) is 20.1 Å². The number of carbonyl (C=O) groups is 1. The highest BCUT2D eigenvalue weighted by Gasteiger charge is 2.49. The first kappa shape index (κ1) is 16.4. The van der Waals surface area contributed by atoms with Crippen LogP contribution in [0.1, 0.15) is 50.0 Å². The number of carbonyl (C=O) groups excluding carboxylic acids is 1. The van der Waals surface area contributed by atoms with Gasteiger partial charge in [-0.05, 0) is 69.2 Å². The molecule has 0 spiro atoms. The van der Waals surface area contributed by atoms with E-state index in [2.05, 4.69) is 29.0 Å². The average Bonchev–Trinajstić information content (AvgIpc) is 2.85. The Hall–Kier alpha value is -1.06. The minimum Gasteiger partial charge on any atom is -0.342 e. The molecule has 130 valence electrons. The fourth-order valence-electron chi connectivity index (χ4n) is 5.18. The van der Waals surface area contributed by atoms with Crippen molar-refractivity contribution in [1.82, 2.24) is 9.80 Å². The second-order valence-electron chi connectivity index (χ2n) is 7.77. The van der Waals surface area contributed by atoms with Crippen LogP contribution in [0.2, 0.25) is 5.02 Å². The lowest BCUT2D eigenvalue weighted by Gasteiger charge is -2.44. The van der Waals surface area contributed by atoms with E-state index >= 15 is 0 Å². The molecule has 3 aliphatic heterocycles. The third kappa shape index (κ3) is 2.86. The standard InChI is InChI=1S/C20H27ClN2O/c1-22-16-9-10-18(22)19(20(24)23-11-3-2-4-12-23)17(13-16)14-5-7-15(21)8-6-14/h5-8,16-19H,2-4,9-13H2,1H3/t16-,17+,18+,19-/m0/s1. The van der Waals surface area contributed by atoms with Crippen LogP contribution in [-0.4, -0.2) is 47.9 Å². The predicted molar refractivity (Wildman–Crippen MR) is 97.3 cm³/mol. The smallest absolute Gasteiger partial charge is 0.227 e. The molecule has 1 amide bonds. The van der Waals surface area contributed by atoms with Gasteiger partial charge < -0.3 is 4.90 Å². The first-order chi connectivity index (χ1) is 11.6. The minimum absolute atomic E-state index is 0.105. The van der Waals surface area contributed by atoms with E-state index in [1.165, 1.54) is 18.4 Å². The molecule has 2 bridgehead atoms. The van der Waals surface area contributed by atoms with Crippen LogP contribution in [0, 0.1) is 5.92 Å². The Kier molecular flexibility index (Phi) is 4.57. The predicted octanol–water partition coefficient (Wildman–Crippen LogP) is 3.92. The Morgan fingerprint density at radius 2 is 1.79 bits per heavy atom. The molecular formula is C20H27ClN2O. The van der Waals surface area contributed by atoms with E-state index in [0.717, 1.165) is 43.8 Å². The van der Waals surface area contributed by atoms with Crippen molar-refractivity contribution < 1.29 is 4.79 Å². The number of hydrogen-bond donors (Lipinski definition) is 0. The van der Waals surface area contributed by atoms with Gasteiger partial charge >= 0.3 is 0 Å². The number of benzene rings is 1. The maximum Gasteiger partial charge on any atom is 0.227 e. The summed E-state index contributed by atoms with van der Waals surface area (Å²) in [6.45, 7) is 1.89. The highest BCUT2D eigenvalue weighted by molar-refractivity contribution is 6.30. The molecule has 0 unspecified atom stereocenters. The van der Waals surface area contributed by atoms with Crippen LogP contribution in [0.4, 0.5) is 0 Å². The van der Waals surface area contributed by atoms with Crippen molar-refractivity contribution in [2.45, 2.75) is 56.5 Å². The maximum atomic E-state index is 13.4. The molecule has 1 aromatic rings. The van der Waals surface area contributed by atoms with Crippen molar-refractivity contribution in [3.8, 4) is 0 Å². The molecule has 4 rings (SSSR count). The number of hydrogen-bond acceptors (Lipinski definition) is 2. The maximum absolute atomic E-state index is 13.4. The van der Waals surface area contributed by atoms with E-state index < -0.39 is 0 Å². The van der Waals surface area contributed by atoms with Gasteiger partial charge in [-0.3, -0.25) is 9.69 Å². The Balaban J connectivity index is 1.65. The van der Waals surface area contributed by atoms with E-state index in [4.69, 9.17) is 11.6 Å². The summed E-state index contributed by atoms with van der Waals surface area (Å²) in [6.07, 6.45) is 7.07. The van der Waals surface area contributed by atoms with Gasteiger partial charge in [-0.15, -0.1) is 0 Å². The van der Waals surface area contributed by atoms with Crippen molar-refractivity contribution in [3.63, 3.8) is 0 Å². The Labute approximate surface area is 150 Å². The van der Waals surface area contributed by atoms with Crippen LogP contribution in [-0.2, 0) is 4.79 Å². The first-order valence-corrected chi connectivity index (χ1v) is 9.79. The number of likely N-dealkylation sites (tertiary alicyclic amines) is 1. The van der Waals surface area contributed by atoms with E-state index in [9.17, 15) is 4.79 Å². The van der Waals surface area contributed by atoms with E-state index in [1.807, 2.05) is 12.1 Å². The van der Waals surface area contributed by atoms with Gasteiger partial charge in [0.05, 0.1) is 5.92 Å². The van der Waals surface area contributed by atoms with Crippen molar-refractivity contribution >= 4 is 17.5 Å². The summed E-state index contributed by atoms with van der Waals surface area (Å²) in [6, 6.07) is 9.24. The molecule has 3 saturated heterocycles. The third-order valence-electron chi connectivity index (χ3n) is 6.52. The molecule has 0 N–H and O–H groups in total. The monoisotopic (exact) mass is 346 g/mol. The summed E-state index contributed by atoms with van der Waals surface area (Å²) in [5.41, 5.74) is 1.29. The number of amides is 1. The molecule has 3 aliphatic rings. The van der Waals surface area contributed by atoms with Crippen molar-refractivity contribution in [1.29, 1.82) is 0 Å². The minimum atomic E-state index is 0.105. The van der Waals surface area contributed by atoms with Gasteiger partial charge in [-0.25, -0.2) is 0 Å². The van der Waals surface area contributed by atoms with Gasteiger partial charge in [0.1, 0.15) is 0 Å². The van der Waals surface area contributed by atoms with Gasteiger partial charge in [0.2, 0.25) is 5.91 Å². The molecule has 3 fully saturated rings. The molecule has 0 aliphatic carbocycles. The summed E-state index contributed by atoms with van der Waals surface area (Å²) >= 11 is 6.08. The summed E-state index contributed by atoms with van der Waals surface area (Å²) < 4.78 is 0. The molecule has 4 heteroatoms. The van der Waals surface area contributed by atoms with Gasteiger partial charge in [0.15, 0.2) is 0 Å². The summed E-state index contributed by atoms with van der Waals surface area (Å²) in [5.74, 6) is 0.838. The molecule has 24 heavy (non-hydrogen) atoms. The van der Waals surface area contributed by atoms with Crippen LogP contribution in [0.15, 0.2) is 24.3 Å². The zero-order valence-electron chi connectivity index (χ0n) is 14.5. The van der Waals surface area contributed by atoms with Gasteiger partial charge in [0, 0.05) is 30.2 Å². The summed E-state index contributed by atoms with van der Waals surface area (Å²) in [4.78, 5) is 18.0. The quantitative estimate of drug-likeness (QED) is 0.810. The highest BCUT2D eigenvalue weighted by Crippen LogP contribution is 2.47. The van der Waals surface area contributed by atoms with Gasteiger partial charge in [0.25, 0.3) is 0 Å². The van der Waals surface area contributed by atoms with Crippen LogP contribution < -0.4 is 0 Å². The number of nitrogens with zero attached hydrogens (tertiary/aromatic N) is 2. The average molecular weight is 347 g/mol. The second kappa shape index (κ2) is 6.68.